The van der Waals surface area contributed by atoms with Gasteiger partial charge in [-0.15, -0.1) is 11.3 Å². The van der Waals surface area contributed by atoms with Crippen LogP contribution in [-0.2, 0) is 6.67 Å². The van der Waals surface area contributed by atoms with E-state index in [4.69, 9.17) is 0 Å². The fourth-order valence-corrected chi connectivity index (χ4v) is 4.39. The molecule has 122 valence electrons. The second-order valence-corrected chi connectivity index (χ2v) is 7.88. The van der Waals surface area contributed by atoms with Crippen molar-refractivity contribution in [2.45, 2.75) is 20.5 Å². The number of hydrogen-bond acceptors (Lipinski definition) is 5. The molecule has 3 aromatic rings. The van der Waals surface area contributed by atoms with Gasteiger partial charge in [-0.1, -0.05) is 23.5 Å². The molecule has 0 amide bonds. The average Bonchev–Trinajstić information content (AvgIpc) is 3.19. The molecule has 0 radical (unpaired) electrons. The van der Waals surface area contributed by atoms with E-state index in [1.165, 1.54) is 22.5 Å². The van der Waals surface area contributed by atoms with Crippen molar-refractivity contribution in [3.63, 3.8) is 0 Å². The maximum Gasteiger partial charge on any atom is 0.271 e. The summed E-state index contributed by atoms with van der Waals surface area (Å²) in [5.74, 6) is 0. The van der Waals surface area contributed by atoms with Gasteiger partial charge in [-0.05, 0) is 54.6 Å². The molecular weight excluding hydrogens is 338 g/mol. The Bertz CT molecular complexity index is 1060. The Labute approximate surface area is 147 Å². The van der Waals surface area contributed by atoms with Crippen LogP contribution in [0.15, 0.2) is 45.5 Å². The Morgan fingerprint density at radius 3 is 2.83 bits per heavy atom. The number of thiazole rings is 1. The maximum atomic E-state index is 12.7. The molecule has 4 nitrogen and oxygen atoms in total. The highest BCUT2D eigenvalue weighted by molar-refractivity contribution is 7.11. The van der Waals surface area contributed by atoms with Gasteiger partial charge in [0.2, 0.25) is 0 Å². The van der Waals surface area contributed by atoms with Crippen LogP contribution in [0.1, 0.15) is 16.0 Å². The number of fused-ring (bicyclic) bond motifs is 1. The Hall–Kier alpha value is -2.18. The van der Waals surface area contributed by atoms with Gasteiger partial charge in [-0.25, -0.2) is 4.99 Å². The first-order valence-electron chi connectivity index (χ1n) is 7.73. The number of benzene rings is 1. The van der Waals surface area contributed by atoms with Crippen molar-refractivity contribution in [2.24, 2.45) is 4.99 Å². The zero-order valence-corrected chi connectivity index (χ0v) is 15.2. The van der Waals surface area contributed by atoms with E-state index in [9.17, 15) is 4.79 Å². The minimum Gasteiger partial charge on any atom is -0.334 e. The Kier molecular flexibility index (Phi) is 3.86. The highest BCUT2D eigenvalue weighted by atomic mass is 32.1. The quantitative estimate of drug-likeness (QED) is 0.708. The number of aryl methyl sites for hydroxylation is 2. The molecule has 0 saturated heterocycles. The first-order chi connectivity index (χ1) is 11.6. The molecule has 0 atom stereocenters. The van der Waals surface area contributed by atoms with Gasteiger partial charge in [-0.2, -0.15) is 0 Å². The standard InChI is InChI=1S/C18H17N3OS2/c1-12-5-6-14(8-13(12)2)20-10-19-18-21(11-20)17(22)16(24-18)9-15-4-3-7-23-15/h3-9H,10-11H2,1-2H3/b16-9-. The van der Waals surface area contributed by atoms with E-state index in [-0.39, 0.29) is 5.56 Å². The Morgan fingerprint density at radius 1 is 1.21 bits per heavy atom. The van der Waals surface area contributed by atoms with Gasteiger partial charge in [0.15, 0.2) is 4.80 Å². The molecular formula is C18H17N3OS2. The van der Waals surface area contributed by atoms with E-state index in [1.807, 2.05) is 23.6 Å². The second kappa shape index (κ2) is 6.03. The molecule has 0 bridgehead atoms. The van der Waals surface area contributed by atoms with E-state index < -0.39 is 0 Å². The monoisotopic (exact) mass is 355 g/mol. The summed E-state index contributed by atoms with van der Waals surface area (Å²) in [6.07, 6.45) is 1.96. The van der Waals surface area contributed by atoms with Crippen molar-refractivity contribution in [2.75, 3.05) is 11.6 Å². The first-order valence-corrected chi connectivity index (χ1v) is 9.43. The number of rotatable bonds is 2. The lowest BCUT2D eigenvalue weighted by atomic mass is 10.1. The highest BCUT2D eigenvalue weighted by Gasteiger charge is 2.16. The van der Waals surface area contributed by atoms with Crippen LogP contribution < -0.4 is 19.8 Å². The van der Waals surface area contributed by atoms with Gasteiger partial charge < -0.3 is 4.90 Å². The molecule has 2 aromatic heterocycles. The largest absolute Gasteiger partial charge is 0.334 e. The fourth-order valence-electron chi connectivity index (χ4n) is 2.70. The lowest BCUT2D eigenvalue weighted by Crippen LogP contribution is -2.42. The molecule has 1 aliphatic rings. The van der Waals surface area contributed by atoms with Gasteiger partial charge in [-0.3, -0.25) is 9.36 Å². The zero-order valence-electron chi connectivity index (χ0n) is 13.5. The number of hydrogen-bond donors (Lipinski definition) is 0. The zero-order chi connectivity index (χ0) is 16.7. The molecule has 1 aliphatic heterocycles. The molecule has 24 heavy (non-hydrogen) atoms. The van der Waals surface area contributed by atoms with Crippen LogP contribution in [0.3, 0.4) is 0 Å². The minimum atomic E-state index is 0.0423. The molecule has 0 fully saturated rings. The molecule has 3 heterocycles. The average molecular weight is 355 g/mol. The molecule has 4 rings (SSSR count). The first kappa shape index (κ1) is 15.4. The summed E-state index contributed by atoms with van der Waals surface area (Å²) in [7, 11) is 0. The molecule has 0 saturated carbocycles. The summed E-state index contributed by atoms with van der Waals surface area (Å²) in [6.45, 7) is 5.35. The Morgan fingerprint density at radius 2 is 2.08 bits per heavy atom. The normalized spacial score (nSPS) is 14.6. The van der Waals surface area contributed by atoms with Crippen LogP contribution in [0.2, 0.25) is 0 Å². The van der Waals surface area contributed by atoms with Crippen LogP contribution >= 0.6 is 22.7 Å². The summed E-state index contributed by atoms with van der Waals surface area (Å²) in [5, 5.41) is 2.02. The molecule has 0 spiro atoms. The number of nitrogens with zero attached hydrogens (tertiary/aromatic N) is 3. The number of thiophene rings is 1. The van der Waals surface area contributed by atoms with Gasteiger partial charge in [0.1, 0.15) is 13.3 Å². The fraction of sp³-hybridized carbons (Fsp3) is 0.222. The molecule has 0 aliphatic carbocycles. The maximum absolute atomic E-state index is 12.7. The Balaban J connectivity index is 1.72. The summed E-state index contributed by atoms with van der Waals surface area (Å²) in [4.78, 5) is 21.3. The van der Waals surface area contributed by atoms with E-state index in [0.29, 0.717) is 13.3 Å². The van der Waals surface area contributed by atoms with Crippen molar-refractivity contribution in [3.05, 3.63) is 71.4 Å². The summed E-state index contributed by atoms with van der Waals surface area (Å²) < 4.78 is 2.51. The highest BCUT2D eigenvalue weighted by Crippen LogP contribution is 2.19. The number of aromatic nitrogens is 1. The van der Waals surface area contributed by atoms with E-state index in [1.54, 1.807) is 15.9 Å². The van der Waals surface area contributed by atoms with Crippen molar-refractivity contribution >= 4 is 34.4 Å². The van der Waals surface area contributed by atoms with Gasteiger partial charge >= 0.3 is 0 Å². The van der Waals surface area contributed by atoms with Crippen molar-refractivity contribution in [3.8, 4) is 0 Å². The second-order valence-electron chi connectivity index (χ2n) is 5.89. The predicted molar refractivity (Wildman–Crippen MR) is 101 cm³/mol. The minimum absolute atomic E-state index is 0.0423. The molecule has 6 heteroatoms. The van der Waals surface area contributed by atoms with E-state index >= 15 is 0 Å². The van der Waals surface area contributed by atoms with Crippen LogP contribution in [0, 0.1) is 13.8 Å². The summed E-state index contributed by atoms with van der Waals surface area (Å²) in [5.41, 5.74) is 3.67. The third-order valence-corrected chi connectivity index (χ3v) is 6.11. The van der Waals surface area contributed by atoms with Crippen LogP contribution in [-0.4, -0.2) is 11.2 Å². The third-order valence-electron chi connectivity index (χ3n) is 4.25. The van der Waals surface area contributed by atoms with Gasteiger partial charge in [0.25, 0.3) is 5.56 Å². The van der Waals surface area contributed by atoms with Crippen molar-refractivity contribution in [1.82, 2.24) is 4.57 Å². The SMILES string of the molecule is Cc1ccc(N2CN=c3s/c(=C\c4cccs4)c(=O)n3C2)cc1C. The third kappa shape index (κ3) is 2.72. The van der Waals surface area contributed by atoms with Crippen LogP contribution in [0.25, 0.3) is 6.08 Å². The van der Waals surface area contributed by atoms with Gasteiger partial charge in [0.05, 0.1) is 4.53 Å². The summed E-state index contributed by atoms with van der Waals surface area (Å²) >= 11 is 3.11. The van der Waals surface area contributed by atoms with E-state index in [2.05, 4.69) is 41.9 Å². The van der Waals surface area contributed by atoms with E-state index in [0.717, 1.165) is 19.9 Å². The molecule has 1 aromatic carbocycles. The summed E-state index contributed by atoms with van der Waals surface area (Å²) in [6, 6.07) is 10.4. The molecule has 0 unspecified atom stereocenters. The lowest BCUT2D eigenvalue weighted by Gasteiger charge is -2.26. The topological polar surface area (TPSA) is 37.6 Å². The van der Waals surface area contributed by atoms with Crippen LogP contribution in [0.5, 0.6) is 0 Å². The van der Waals surface area contributed by atoms with Gasteiger partial charge in [0, 0.05) is 10.6 Å². The van der Waals surface area contributed by atoms with Crippen LogP contribution in [0.4, 0.5) is 5.69 Å². The molecule has 0 N–H and O–H groups in total. The van der Waals surface area contributed by atoms with Crippen molar-refractivity contribution in [1.29, 1.82) is 0 Å². The lowest BCUT2D eigenvalue weighted by molar-refractivity contribution is 0.569. The van der Waals surface area contributed by atoms with Crippen molar-refractivity contribution < 1.29 is 0 Å². The smallest absolute Gasteiger partial charge is 0.271 e. The number of anilines is 1. The predicted octanol–water partition coefficient (Wildman–Crippen LogP) is 2.47.